The van der Waals surface area contributed by atoms with E-state index in [4.69, 9.17) is 5.73 Å². The van der Waals surface area contributed by atoms with Gasteiger partial charge < -0.3 is 21.5 Å². The minimum atomic E-state index is -0.0884. The van der Waals surface area contributed by atoms with Crippen molar-refractivity contribution in [3.05, 3.63) is 0 Å². The van der Waals surface area contributed by atoms with E-state index < -0.39 is 0 Å². The number of hydrogen-bond acceptors (Lipinski definition) is 4. The molecule has 5 N–H and O–H groups in total. The van der Waals surface area contributed by atoms with Crippen LogP contribution in [-0.4, -0.2) is 43.4 Å². The molecule has 0 aliphatic heterocycles. The Bertz CT molecular complexity index is 714. The topological polar surface area (TPSA) is 70.3 Å². The van der Waals surface area contributed by atoms with Crippen LogP contribution >= 0.6 is 0 Å². The van der Waals surface area contributed by atoms with Crippen molar-refractivity contribution in [1.29, 1.82) is 0 Å². The van der Waals surface area contributed by atoms with Gasteiger partial charge in [0.1, 0.15) is 0 Å². The van der Waals surface area contributed by atoms with Gasteiger partial charge in [-0.3, -0.25) is 0 Å². The normalized spacial score (nSPS) is 41.5. The molecule has 0 aromatic carbocycles. The fraction of sp³-hybridized carbons (Fsp3) is 1.00. The largest absolute Gasteiger partial charge is 0.393 e. The van der Waals surface area contributed by atoms with E-state index in [0.29, 0.717) is 22.8 Å². The van der Waals surface area contributed by atoms with Crippen molar-refractivity contribution in [2.45, 2.75) is 137 Å². The first kappa shape index (κ1) is 30.8. The summed E-state index contributed by atoms with van der Waals surface area (Å²) in [5.74, 6) is 5.95. The van der Waals surface area contributed by atoms with Gasteiger partial charge >= 0.3 is 0 Å². The molecule has 0 amide bonds. The van der Waals surface area contributed by atoms with Gasteiger partial charge in [-0.05, 0) is 149 Å². The van der Waals surface area contributed by atoms with E-state index in [1.807, 2.05) is 0 Å². The molecule has 0 bridgehead atoms. The minimum absolute atomic E-state index is 0.0884. The summed E-state index contributed by atoms with van der Waals surface area (Å²) in [6.45, 7) is 16.8. The SMILES string of the molecule is CC(C)CCC[C@@H](C)[C@H]1CC[C@H]2[C@@H]3C[C@H](NCCCNCCCCN)C4C[C@@H](O)CC[C@]4(C)[C@H]3CC[C@]12C. The summed E-state index contributed by atoms with van der Waals surface area (Å²) in [6, 6.07) is 0.582. The van der Waals surface area contributed by atoms with Crippen LogP contribution in [0.25, 0.3) is 0 Å². The lowest BCUT2D eigenvalue weighted by Crippen LogP contribution is -2.61. The standard InChI is InChI=1S/C34H65N3O/c1-24(2)10-8-11-25(3)28-12-13-29-27-23-32(37-21-9-20-36-19-7-6-18-35)31-22-26(38)14-16-34(31,5)30(27)15-17-33(28,29)4/h24-32,36-38H,6-23,35H2,1-5H3/t25-,26+,27+,28-,29+,30+,31?,32+,33-,34-/m1/s1. The predicted octanol–water partition coefficient (Wildman–Crippen LogP) is 6.76. The van der Waals surface area contributed by atoms with Crippen LogP contribution in [0.3, 0.4) is 0 Å². The van der Waals surface area contributed by atoms with Crippen molar-refractivity contribution in [3.8, 4) is 0 Å². The minimum Gasteiger partial charge on any atom is -0.393 e. The summed E-state index contributed by atoms with van der Waals surface area (Å²) in [5, 5.41) is 18.4. The average molecular weight is 532 g/mol. The molecule has 0 spiro atoms. The van der Waals surface area contributed by atoms with Crippen LogP contribution in [0.5, 0.6) is 0 Å². The molecule has 4 rings (SSSR count). The molecule has 4 aliphatic rings. The van der Waals surface area contributed by atoms with Crippen molar-refractivity contribution in [1.82, 2.24) is 10.6 Å². The van der Waals surface area contributed by atoms with Crippen molar-refractivity contribution in [2.75, 3.05) is 26.2 Å². The Labute approximate surface area is 236 Å². The smallest absolute Gasteiger partial charge is 0.0543 e. The van der Waals surface area contributed by atoms with Gasteiger partial charge in [0.15, 0.2) is 0 Å². The van der Waals surface area contributed by atoms with E-state index in [1.165, 1.54) is 70.6 Å². The molecule has 38 heavy (non-hydrogen) atoms. The number of unbranched alkanes of at least 4 members (excludes halogenated alkanes) is 1. The first-order valence-electron chi connectivity index (χ1n) is 17.0. The fourth-order valence-electron chi connectivity index (χ4n) is 10.6. The van der Waals surface area contributed by atoms with Gasteiger partial charge in [-0.2, -0.15) is 0 Å². The second-order valence-corrected chi connectivity index (χ2v) is 15.3. The summed E-state index contributed by atoms with van der Waals surface area (Å²) in [7, 11) is 0. The Balaban J connectivity index is 1.41. The fourth-order valence-corrected chi connectivity index (χ4v) is 10.6. The Morgan fingerprint density at radius 2 is 1.53 bits per heavy atom. The Hall–Kier alpha value is -0.160. The van der Waals surface area contributed by atoms with Crippen LogP contribution in [-0.2, 0) is 0 Å². The second-order valence-electron chi connectivity index (χ2n) is 15.3. The van der Waals surface area contributed by atoms with E-state index in [1.54, 1.807) is 0 Å². The highest BCUT2D eigenvalue weighted by Crippen LogP contribution is 2.68. The maximum atomic E-state index is 10.7. The van der Waals surface area contributed by atoms with Gasteiger partial charge in [0.25, 0.3) is 0 Å². The number of fused-ring (bicyclic) bond motifs is 5. The van der Waals surface area contributed by atoms with Crippen molar-refractivity contribution < 1.29 is 5.11 Å². The molecule has 0 radical (unpaired) electrons. The van der Waals surface area contributed by atoms with Gasteiger partial charge in [-0.1, -0.05) is 53.9 Å². The Morgan fingerprint density at radius 3 is 2.29 bits per heavy atom. The Morgan fingerprint density at radius 1 is 0.789 bits per heavy atom. The molecular formula is C34H65N3O. The summed E-state index contributed by atoms with van der Waals surface area (Å²) < 4.78 is 0. The maximum absolute atomic E-state index is 10.7. The van der Waals surface area contributed by atoms with Crippen molar-refractivity contribution in [3.63, 3.8) is 0 Å². The lowest BCUT2D eigenvalue weighted by molar-refractivity contribution is -0.141. The van der Waals surface area contributed by atoms with Crippen LogP contribution < -0.4 is 16.4 Å². The lowest BCUT2D eigenvalue weighted by Gasteiger charge is -2.63. The van der Waals surface area contributed by atoms with E-state index in [9.17, 15) is 5.11 Å². The van der Waals surface area contributed by atoms with Crippen LogP contribution in [0.15, 0.2) is 0 Å². The molecule has 0 saturated heterocycles. The van der Waals surface area contributed by atoms with Gasteiger partial charge in [0, 0.05) is 6.04 Å². The molecule has 4 heteroatoms. The summed E-state index contributed by atoms with van der Waals surface area (Å²) >= 11 is 0. The highest BCUT2D eigenvalue weighted by atomic mass is 16.3. The molecule has 10 atom stereocenters. The summed E-state index contributed by atoms with van der Waals surface area (Å²) in [4.78, 5) is 0. The van der Waals surface area contributed by atoms with E-state index in [-0.39, 0.29) is 6.10 Å². The zero-order valence-electron chi connectivity index (χ0n) is 25.9. The van der Waals surface area contributed by atoms with Crippen LogP contribution in [0.4, 0.5) is 0 Å². The molecule has 4 aliphatic carbocycles. The first-order valence-corrected chi connectivity index (χ1v) is 17.0. The van der Waals surface area contributed by atoms with Crippen LogP contribution in [0.2, 0.25) is 0 Å². The molecular weight excluding hydrogens is 466 g/mol. The van der Waals surface area contributed by atoms with E-state index in [2.05, 4.69) is 45.3 Å². The number of nitrogens with two attached hydrogens (primary N) is 1. The Kier molecular flexibility index (Phi) is 11.1. The second kappa shape index (κ2) is 13.7. The molecule has 0 heterocycles. The van der Waals surface area contributed by atoms with Gasteiger partial charge in [0.2, 0.25) is 0 Å². The van der Waals surface area contributed by atoms with Gasteiger partial charge in [0.05, 0.1) is 6.10 Å². The number of hydrogen-bond donors (Lipinski definition) is 4. The van der Waals surface area contributed by atoms with Gasteiger partial charge in [-0.15, -0.1) is 0 Å². The third-order valence-electron chi connectivity index (χ3n) is 12.6. The van der Waals surface area contributed by atoms with Crippen LogP contribution in [0.1, 0.15) is 125 Å². The number of nitrogens with one attached hydrogen (secondary N) is 2. The zero-order chi connectivity index (χ0) is 27.3. The maximum Gasteiger partial charge on any atom is 0.0543 e. The molecule has 0 aromatic rings. The van der Waals surface area contributed by atoms with E-state index >= 15 is 0 Å². The zero-order valence-corrected chi connectivity index (χ0v) is 25.9. The first-order chi connectivity index (χ1) is 18.2. The summed E-state index contributed by atoms with van der Waals surface area (Å²) in [6.07, 6.45) is 18.1. The molecule has 1 unspecified atom stereocenters. The van der Waals surface area contributed by atoms with Gasteiger partial charge in [-0.25, -0.2) is 0 Å². The monoisotopic (exact) mass is 532 g/mol. The number of aliphatic hydroxyl groups is 1. The molecule has 4 saturated carbocycles. The number of aliphatic hydroxyl groups excluding tert-OH is 1. The highest BCUT2D eigenvalue weighted by molar-refractivity contribution is 5.12. The van der Waals surface area contributed by atoms with Crippen molar-refractivity contribution in [2.24, 2.45) is 58.0 Å². The molecule has 4 fully saturated rings. The van der Waals surface area contributed by atoms with Crippen molar-refractivity contribution >= 4 is 0 Å². The molecule has 4 nitrogen and oxygen atoms in total. The van der Waals surface area contributed by atoms with E-state index in [0.717, 1.165) is 80.9 Å². The third kappa shape index (κ3) is 6.66. The molecule has 0 aromatic heterocycles. The third-order valence-corrected chi connectivity index (χ3v) is 12.6. The lowest BCUT2D eigenvalue weighted by atomic mass is 9.43. The predicted molar refractivity (Wildman–Crippen MR) is 162 cm³/mol. The number of rotatable bonds is 14. The highest BCUT2D eigenvalue weighted by Gasteiger charge is 2.62. The quantitative estimate of drug-likeness (QED) is 0.187. The average Bonchev–Trinajstić information content (AvgIpc) is 3.23. The summed E-state index contributed by atoms with van der Waals surface area (Å²) in [5.41, 5.74) is 6.58. The van der Waals surface area contributed by atoms with Crippen LogP contribution in [0, 0.1) is 52.3 Å². The molecule has 222 valence electrons.